The number of carbonyl (C=O) groups is 2. The molecule has 6 heteroatoms. The Kier molecular flexibility index (Phi) is 5.81. The molecule has 94 valence electrons. The lowest BCUT2D eigenvalue weighted by atomic mass is 10.2. The van der Waals surface area contributed by atoms with Crippen LogP contribution in [0.2, 0.25) is 0 Å². The van der Waals surface area contributed by atoms with E-state index in [4.69, 9.17) is 14.6 Å². The van der Waals surface area contributed by atoms with Gasteiger partial charge in [-0.1, -0.05) is 0 Å². The lowest BCUT2D eigenvalue weighted by molar-refractivity contribution is -0.137. The van der Waals surface area contributed by atoms with Gasteiger partial charge >= 0.3 is 12.1 Å². The highest BCUT2D eigenvalue weighted by Crippen LogP contribution is 2.07. The Morgan fingerprint density at radius 2 is 1.94 bits per heavy atom. The van der Waals surface area contributed by atoms with Crippen LogP contribution in [0.25, 0.3) is 0 Å². The van der Waals surface area contributed by atoms with Crippen LogP contribution in [0.4, 0.5) is 4.79 Å². The lowest BCUT2D eigenvalue weighted by Crippen LogP contribution is -2.40. The second-order valence-corrected chi connectivity index (χ2v) is 4.30. The van der Waals surface area contributed by atoms with E-state index in [2.05, 4.69) is 5.32 Å². The summed E-state index contributed by atoms with van der Waals surface area (Å²) in [6, 6.07) is 0. The average Bonchev–Trinajstić information content (AvgIpc) is 2.08. The molecule has 0 bridgehead atoms. The molecule has 0 heterocycles. The van der Waals surface area contributed by atoms with Gasteiger partial charge in [-0.3, -0.25) is 10.1 Å². The standard InChI is InChI=1S/C10H19NO5/c1-10(2,3)16-9(14)11-7(15-4)5-6-8(12)13/h7H,5-6H2,1-4H3,(H,11,14)(H,12,13). The molecule has 0 spiro atoms. The smallest absolute Gasteiger partial charge is 0.409 e. The van der Waals surface area contributed by atoms with Crippen molar-refractivity contribution in [3.63, 3.8) is 0 Å². The first-order chi connectivity index (χ1) is 7.24. The molecule has 0 saturated heterocycles. The number of amides is 1. The van der Waals surface area contributed by atoms with Crippen LogP contribution >= 0.6 is 0 Å². The normalized spacial score (nSPS) is 13.0. The van der Waals surface area contributed by atoms with Crippen LogP contribution in [-0.4, -0.2) is 36.1 Å². The van der Waals surface area contributed by atoms with Crippen LogP contribution in [-0.2, 0) is 14.3 Å². The molecule has 0 radical (unpaired) electrons. The van der Waals surface area contributed by atoms with E-state index in [1.807, 2.05) is 0 Å². The molecule has 0 aromatic carbocycles. The van der Waals surface area contributed by atoms with Gasteiger partial charge in [-0.25, -0.2) is 4.79 Å². The van der Waals surface area contributed by atoms with Crippen molar-refractivity contribution in [1.82, 2.24) is 5.32 Å². The molecule has 1 amide bonds. The summed E-state index contributed by atoms with van der Waals surface area (Å²) in [5, 5.41) is 10.9. The number of ether oxygens (including phenoxy) is 2. The van der Waals surface area contributed by atoms with E-state index in [-0.39, 0.29) is 12.8 Å². The van der Waals surface area contributed by atoms with Gasteiger partial charge in [0.1, 0.15) is 11.8 Å². The van der Waals surface area contributed by atoms with Gasteiger partial charge in [0.2, 0.25) is 0 Å². The van der Waals surface area contributed by atoms with Crippen molar-refractivity contribution in [2.75, 3.05) is 7.11 Å². The number of carbonyl (C=O) groups excluding carboxylic acids is 1. The van der Waals surface area contributed by atoms with Crippen molar-refractivity contribution in [1.29, 1.82) is 0 Å². The highest BCUT2D eigenvalue weighted by molar-refractivity contribution is 5.68. The summed E-state index contributed by atoms with van der Waals surface area (Å²) >= 11 is 0. The molecule has 0 aliphatic carbocycles. The van der Waals surface area contributed by atoms with Crippen LogP contribution in [0.1, 0.15) is 33.6 Å². The fourth-order valence-electron chi connectivity index (χ4n) is 0.943. The van der Waals surface area contributed by atoms with Gasteiger partial charge in [0.05, 0.1) is 0 Å². The first-order valence-electron chi connectivity index (χ1n) is 4.98. The maximum Gasteiger partial charge on any atom is 0.409 e. The summed E-state index contributed by atoms with van der Waals surface area (Å²) < 4.78 is 9.91. The van der Waals surface area contributed by atoms with Crippen LogP contribution in [0.3, 0.4) is 0 Å². The molecule has 0 aromatic rings. The minimum atomic E-state index is -0.937. The van der Waals surface area contributed by atoms with Crippen LogP contribution in [0, 0.1) is 0 Å². The fraction of sp³-hybridized carbons (Fsp3) is 0.800. The highest BCUT2D eigenvalue weighted by atomic mass is 16.6. The van der Waals surface area contributed by atoms with Gasteiger partial charge in [0, 0.05) is 20.0 Å². The minimum Gasteiger partial charge on any atom is -0.481 e. The molecule has 1 atom stereocenters. The number of carboxylic acids is 1. The fourth-order valence-corrected chi connectivity index (χ4v) is 0.943. The molecule has 0 aliphatic rings. The van der Waals surface area contributed by atoms with Crippen LogP contribution in [0.5, 0.6) is 0 Å². The SMILES string of the molecule is COC(CCC(=O)O)NC(=O)OC(C)(C)C. The first kappa shape index (κ1) is 14.7. The van der Waals surface area contributed by atoms with Gasteiger partial charge in [0.25, 0.3) is 0 Å². The Morgan fingerprint density at radius 1 is 1.38 bits per heavy atom. The third-order valence-corrected chi connectivity index (χ3v) is 1.58. The van der Waals surface area contributed by atoms with Crippen LogP contribution < -0.4 is 5.32 Å². The molecule has 0 rings (SSSR count). The van der Waals surface area contributed by atoms with E-state index in [9.17, 15) is 9.59 Å². The number of hydrogen-bond acceptors (Lipinski definition) is 4. The lowest BCUT2D eigenvalue weighted by Gasteiger charge is -2.22. The second-order valence-electron chi connectivity index (χ2n) is 4.30. The molecule has 0 fully saturated rings. The minimum absolute atomic E-state index is 0.0751. The first-order valence-corrected chi connectivity index (χ1v) is 4.98. The third kappa shape index (κ3) is 8.05. The van der Waals surface area contributed by atoms with Crippen molar-refractivity contribution >= 4 is 12.1 Å². The summed E-state index contributed by atoms with van der Waals surface area (Å²) in [5.41, 5.74) is -0.588. The van der Waals surface area contributed by atoms with Gasteiger partial charge < -0.3 is 14.6 Å². The zero-order chi connectivity index (χ0) is 12.8. The summed E-state index contributed by atoms with van der Waals surface area (Å²) in [6.07, 6.45) is -1.14. The molecule has 2 N–H and O–H groups in total. The Morgan fingerprint density at radius 3 is 2.31 bits per heavy atom. The van der Waals surface area contributed by atoms with E-state index in [1.165, 1.54) is 7.11 Å². The Hall–Kier alpha value is -1.30. The number of rotatable bonds is 5. The third-order valence-electron chi connectivity index (χ3n) is 1.58. The average molecular weight is 233 g/mol. The molecular formula is C10H19NO5. The Bertz CT molecular complexity index is 246. The zero-order valence-electron chi connectivity index (χ0n) is 10.1. The van der Waals surface area contributed by atoms with Gasteiger partial charge in [-0.05, 0) is 20.8 Å². The van der Waals surface area contributed by atoms with E-state index in [0.717, 1.165) is 0 Å². The maximum absolute atomic E-state index is 11.3. The van der Waals surface area contributed by atoms with E-state index in [0.29, 0.717) is 0 Å². The molecule has 0 aliphatic heterocycles. The Labute approximate surface area is 94.9 Å². The quantitative estimate of drug-likeness (QED) is 0.700. The predicted octanol–water partition coefficient (Wildman–Crippen LogP) is 1.35. The molecule has 0 aromatic heterocycles. The van der Waals surface area contributed by atoms with Crippen molar-refractivity contribution in [3.8, 4) is 0 Å². The number of nitrogens with one attached hydrogen (secondary N) is 1. The highest BCUT2D eigenvalue weighted by Gasteiger charge is 2.19. The largest absolute Gasteiger partial charge is 0.481 e. The Balaban J connectivity index is 4.02. The van der Waals surface area contributed by atoms with Crippen molar-refractivity contribution < 1.29 is 24.2 Å². The van der Waals surface area contributed by atoms with Gasteiger partial charge in [0.15, 0.2) is 0 Å². The van der Waals surface area contributed by atoms with Crippen molar-refractivity contribution in [2.24, 2.45) is 0 Å². The van der Waals surface area contributed by atoms with E-state index in [1.54, 1.807) is 20.8 Å². The number of alkyl carbamates (subject to hydrolysis) is 1. The van der Waals surface area contributed by atoms with Crippen LogP contribution in [0.15, 0.2) is 0 Å². The maximum atomic E-state index is 11.3. The van der Waals surface area contributed by atoms with E-state index >= 15 is 0 Å². The van der Waals surface area contributed by atoms with Gasteiger partial charge in [-0.15, -0.1) is 0 Å². The number of methoxy groups -OCH3 is 1. The summed E-state index contributed by atoms with van der Waals surface area (Å²) in [7, 11) is 1.39. The molecule has 1 unspecified atom stereocenters. The van der Waals surface area contributed by atoms with E-state index < -0.39 is 23.9 Å². The topological polar surface area (TPSA) is 84.9 Å². The second kappa shape index (κ2) is 6.32. The number of hydrogen-bond donors (Lipinski definition) is 2. The zero-order valence-corrected chi connectivity index (χ0v) is 10.1. The number of carboxylic acid groups (broad SMARTS) is 1. The van der Waals surface area contributed by atoms with Crippen molar-refractivity contribution in [3.05, 3.63) is 0 Å². The summed E-state index contributed by atoms with van der Waals surface area (Å²) in [6.45, 7) is 5.23. The summed E-state index contributed by atoms with van der Waals surface area (Å²) in [5.74, 6) is -0.937. The monoisotopic (exact) mass is 233 g/mol. The predicted molar refractivity (Wildman–Crippen MR) is 57.0 cm³/mol. The summed E-state index contributed by atoms with van der Waals surface area (Å²) in [4.78, 5) is 21.6. The molecular weight excluding hydrogens is 214 g/mol. The molecule has 6 nitrogen and oxygen atoms in total. The molecule has 16 heavy (non-hydrogen) atoms. The number of aliphatic carboxylic acids is 1. The molecule has 0 saturated carbocycles. The van der Waals surface area contributed by atoms with Gasteiger partial charge in [-0.2, -0.15) is 0 Å². The van der Waals surface area contributed by atoms with Crippen molar-refractivity contribution in [2.45, 2.75) is 45.4 Å².